The average Bonchev–Trinajstić information content (AvgIpc) is 2.35. The fourth-order valence-corrected chi connectivity index (χ4v) is 1.64. The second-order valence-corrected chi connectivity index (χ2v) is 3.86. The van der Waals surface area contributed by atoms with Crippen molar-refractivity contribution in [3.05, 3.63) is 59.2 Å². The van der Waals surface area contributed by atoms with Crippen LogP contribution < -0.4 is 5.32 Å². The van der Waals surface area contributed by atoms with Gasteiger partial charge < -0.3 is 5.32 Å². The van der Waals surface area contributed by atoms with E-state index in [0.717, 1.165) is 6.07 Å². The Balaban J connectivity index is 2.44. The Morgan fingerprint density at radius 2 is 1.94 bits per heavy atom. The maximum Gasteiger partial charge on any atom is 0.146 e. The first-order valence-electron chi connectivity index (χ1n) is 5.33. The standard InChI is InChI=1S/C14H10F2N2/c1-9-3-2-4-12(16)14(9)18-13-6-5-11(15)7-10(13)8-17/h2-7,18H,1H3. The van der Waals surface area contributed by atoms with Crippen LogP contribution in [-0.2, 0) is 0 Å². The van der Waals surface area contributed by atoms with Crippen molar-refractivity contribution in [1.29, 1.82) is 5.26 Å². The molecule has 0 amide bonds. The molecule has 2 aromatic rings. The molecule has 0 unspecified atom stereocenters. The minimum atomic E-state index is -0.498. The smallest absolute Gasteiger partial charge is 0.146 e. The lowest BCUT2D eigenvalue weighted by molar-refractivity contribution is 0.627. The third kappa shape index (κ3) is 2.30. The lowest BCUT2D eigenvalue weighted by Gasteiger charge is -2.11. The van der Waals surface area contributed by atoms with Gasteiger partial charge in [0.25, 0.3) is 0 Å². The molecule has 18 heavy (non-hydrogen) atoms. The van der Waals surface area contributed by atoms with Crippen LogP contribution in [0.3, 0.4) is 0 Å². The molecule has 0 aliphatic carbocycles. The number of benzene rings is 2. The van der Waals surface area contributed by atoms with Crippen molar-refractivity contribution in [3.8, 4) is 6.07 Å². The van der Waals surface area contributed by atoms with Gasteiger partial charge in [0.2, 0.25) is 0 Å². The number of halogens is 2. The summed E-state index contributed by atoms with van der Waals surface area (Å²) in [5.41, 5.74) is 1.52. The van der Waals surface area contributed by atoms with E-state index in [-0.39, 0.29) is 5.56 Å². The molecule has 0 saturated carbocycles. The first-order valence-corrected chi connectivity index (χ1v) is 5.33. The summed E-state index contributed by atoms with van der Waals surface area (Å²) in [6, 6.07) is 10.3. The van der Waals surface area contributed by atoms with Gasteiger partial charge in [0.1, 0.15) is 17.7 Å². The van der Waals surface area contributed by atoms with E-state index >= 15 is 0 Å². The van der Waals surface area contributed by atoms with E-state index in [2.05, 4.69) is 5.32 Å². The quantitative estimate of drug-likeness (QED) is 0.869. The number of hydrogen-bond acceptors (Lipinski definition) is 2. The monoisotopic (exact) mass is 244 g/mol. The highest BCUT2D eigenvalue weighted by atomic mass is 19.1. The van der Waals surface area contributed by atoms with E-state index in [1.807, 2.05) is 6.07 Å². The molecule has 0 bridgehead atoms. The Morgan fingerprint density at radius 1 is 1.17 bits per heavy atom. The number of rotatable bonds is 2. The van der Waals surface area contributed by atoms with E-state index in [0.29, 0.717) is 16.9 Å². The van der Waals surface area contributed by atoms with Crippen molar-refractivity contribution in [3.63, 3.8) is 0 Å². The fourth-order valence-electron chi connectivity index (χ4n) is 1.64. The zero-order chi connectivity index (χ0) is 13.1. The van der Waals surface area contributed by atoms with Gasteiger partial charge in [0.15, 0.2) is 0 Å². The summed E-state index contributed by atoms with van der Waals surface area (Å²) in [5.74, 6) is -0.912. The van der Waals surface area contributed by atoms with Gasteiger partial charge in [0.05, 0.1) is 16.9 Å². The van der Waals surface area contributed by atoms with Crippen LogP contribution >= 0.6 is 0 Å². The second kappa shape index (κ2) is 4.84. The van der Waals surface area contributed by atoms with E-state index in [9.17, 15) is 8.78 Å². The molecule has 0 spiro atoms. The molecule has 2 nitrogen and oxygen atoms in total. The maximum atomic E-state index is 13.6. The molecule has 0 aliphatic heterocycles. The Hall–Kier alpha value is -2.41. The molecule has 2 aromatic carbocycles. The normalized spacial score (nSPS) is 9.89. The Kier molecular flexibility index (Phi) is 3.24. The minimum absolute atomic E-state index is 0.137. The van der Waals surface area contributed by atoms with Gasteiger partial charge in [-0.25, -0.2) is 8.78 Å². The minimum Gasteiger partial charge on any atom is -0.352 e. The number of hydrogen-bond donors (Lipinski definition) is 1. The Bertz CT molecular complexity index is 610. The zero-order valence-corrected chi connectivity index (χ0v) is 9.67. The molecule has 90 valence electrons. The summed E-state index contributed by atoms with van der Waals surface area (Å²) in [7, 11) is 0. The number of anilines is 2. The van der Waals surface area contributed by atoms with Crippen LogP contribution in [-0.4, -0.2) is 0 Å². The van der Waals surface area contributed by atoms with Gasteiger partial charge in [-0.2, -0.15) is 5.26 Å². The van der Waals surface area contributed by atoms with Gasteiger partial charge in [-0.3, -0.25) is 0 Å². The number of nitrogens with one attached hydrogen (secondary N) is 1. The zero-order valence-electron chi connectivity index (χ0n) is 9.67. The third-order valence-corrected chi connectivity index (χ3v) is 2.58. The summed E-state index contributed by atoms with van der Waals surface area (Å²) < 4.78 is 26.6. The van der Waals surface area contributed by atoms with Crippen molar-refractivity contribution in [2.24, 2.45) is 0 Å². The molecule has 0 radical (unpaired) electrons. The predicted molar refractivity (Wildman–Crippen MR) is 65.5 cm³/mol. The topological polar surface area (TPSA) is 35.8 Å². The molecular formula is C14H10F2N2. The number of para-hydroxylation sites is 1. The Morgan fingerprint density at radius 3 is 2.61 bits per heavy atom. The van der Waals surface area contributed by atoms with Crippen molar-refractivity contribution in [2.45, 2.75) is 6.92 Å². The molecule has 0 atom stereocenters. The van der Waals surface area contributed by atoms with Crippen LogP contribution in [0.4, 0.5) is 20.2 Å². The molecular weight excluding hydrogens is 234 g/mol. The first kappa shape index (κ1) is 12.1. The van der Waals surface area contributed by atoms with Gasteiger partial charge in [0, 0.05) is 0 Å². The van der Waals surface area contributed by atoms with Gasteiger partial charge in [-0.05, 0) is 36.8 Å². The molecule has 0 aliphatic rings. The van der Waals surface area contributed by atoms with Crippen LogP contribution in [0.1, 0.15) is 11.1 Å². The maximum absolute atomic E-state index is 13.6. The summed E-state index contributed by atoms with van der Waals surface area (Å²) in [4.78, 5) is 0. The highest BCUT2D eigenvalue weighted by Gasteiger charge is 2.09. The van der Waals surface area contributed by atoms with Gasteiger partial charge >= 0.3 is 0 Å². The largest absolute Gasteiger partial charge is 0.352 e. The van der Waals surface area contributed by atoms with E-state index in [1.165, 1.54) is 18.2 Å². The summed E-state index contributed by atoms with van der Waals surface area (Å²) >= 11 is 0. The SMILES string of the molecule is Cc1cccc(F)c1Nc1ccc(F)cc1C#N. The predicted octanol–water partition coefficient (Wildman–Crippen LogP) is 3.89. The van der Waals surface area contributed by atoms with Crippen LogP contribution in [0, 0.1) is 29.9 Å². The van der Waals surface area contributed by atoms with Gasteiger partial charge in [-0.15, -0.1) is 0 Å². The molecule has 0 heterocycles. The summed E-state index contributed by atoms with van der Waals surface area (Å²) in [6.07, 6.45) is 0. The highest BCUT2D eigenvalue weighted by molar-refractivity contribution is 5.68. The van der Waals surface area contributed by atoms with Gasteiger partial charge in [-0.1, -0.05) is 12.1 Å². The number of nitrogens with zero attached hydrogens (tertiary/aromatic N) is 1. The van der Waals surface area contributed by atoms with Crippen LogP contribution in [0.25, 0.3) is 0 Å². The highest BCUT2D eigenvalue weighted by Crippen LogP contribution is 2.26. The molecule has 0 saturated heterocycles. The molecule has 0 aromatic heterocycles. The molecule has 2 rings (SSSR count). The van der Waals surface area contributed by atoms with Crippen LogP contribution in [0.2, 0.25) is 0 Å². The van der Waals surface area contributed by atoms with E-state index < -0.39 is 11.6 Å². The Labute approximate surface area is 103 Å². The van der Waals surface area contributed by atoms with Crippen molar-refractivity contribution in [1.82, 2.24) is 0 Å². The number of aryl methyl sites for hydroxylation is 1. The van der Waals surface area contributed by atoms with E-state index in [1.54, 1.807) is 19.1 Å². The van der Waals surface area contributed by atoms with Crippen molar-refractivity contribution < 1.29 is 8.78 Å². The lowest BCUT2D eigenvalue weighted by atomic mass is 10.1. The van der Waals surface area contributed by atoms with Crippen LogP contribution in [0.15, 0.2) is 36.4 Å². The third-order valence-electron chi connectivity index (χ3n) is 2.58. The second-order valence-electron chi connectivity index (χ2n) is 3.86. The average molecular weight is 244 g/mol. The number of nitriles is 1. The summed E-state index contributed by atoms with van der Waals surface area (Å²) in [5, 5.41) is 11.7. The fraction of sp³-hybridized carbons (Fsp3) is 0.0714. The lowest BCUT2D eigenvalue weighted by Crippen LogP contribution is -1.99. The summed E-state index contributed by atoms with van der Waals surface area (Å²) in [6.45, 7) is 1.75. The molecule has 4 heteroatoms. The molecule has 1 N–H and O–H groups in total. The van der Waals surface area contributed by atoms with E-state index in [4.69, 9.17) is 5.26 Å². The van der Waals surface area contributed by atoms with Crippen molar-refractivity contribution in [2.75, 3.05) is 5.32 Å². The van der Waals surface area contributed by atoms with Crippen LogP contribution in [0.5, 0.6) is 0 Å². The molecule has 0 fully saturated rings. The van der Waals surface area contributed by atoms with Crippen molar-refractivity contribution >= 4 is 11.4 Å². The first-order chi connectivity index (χ1) is 8.61.